The highest BCUT2D eigenvalue weighted by Gasteiger charge is 2.12. The molecule has 1 aromatic carbocycles. The summed E-state index contributed by atoms with van der Waals surface area (Å²) in [6.07, 6.45) is 16.0. The zero-order valence-corrected chi connectivity index (χ0v) is 20.4. The molecule has 0 bridgehead atoms. The fourth-order valence-corrected chi connectivity index (χ4v) is 3.77. The van der Waals surface area contributed by atoms with Crippen LogP contribution in [0.25, 0.3) is 0 Å². The molecule has 1 atom stereocenters. The van der Waals surface area contributed by atoms with Crippen LogP contribution < -0.4 is 10.1 Å². The van der Waals surface area contributed by atoms with Crippen molar-refractivity contribution in [1.29, 1.82) is 0 Å². The first-order chi connectivity index (χ1) is 15.2. The quantitative estimate of drug-likeness (QED) is 0.174. The molecule has 0 heterocycles. The molecule has 0 saturated heterocycles. The summed E-state index contributed by atoms with van der Waals surface area (Å²) in [5.41, 5.74) is 1.28. The predicted octanol–water partition coefficient (Wildman–Crippen LogP) is 7.20. The lowest BCUT2D eigenvalue weighted by atomic mass is 10.1. The van der Waals surface area contributed by atoms with E-state index in [2.05, 4.69) is 31.3 Å². The molecule has 0 radical (unpaired) electrons. The SMILES string of the molecule is CCCCCCCCC(CC)OC(=O)CCCCCCCNCc1ccc(OC)cc1. The maximum atomic E-state index is 12.1. The monoisotopic (exact) mass is 433 g/mol. The van der Waals surface area contributed by atoms with Gasteiger partial charge in [-0.1, -0.05) is 77.3 Å². The van der Waals surface area contributed by atoms with Crippen LogP contribution in [0, 0.1) is 0 Å². The van der Waals surface area contributed by atoms with Crippen LogP contribution in [0.4, 0.5) is 0 Å². The number of nitrogens with one attached hydrogen (secondary N) is 1. The van der Waals surface area contributed by atoms with E-state index in [1.807, 2.05) is 12.1 Å². The molecule has 178 valence electrons. The summed E-state index contributed by atoms with van der Waals surface area (Å²) in [6.45, 7) is 6.30. The van der Waals surface area contributed by atoms with Gasteiger partial charge in [-0.2, -0.15) is 0 Å². The number of esters is 1. The number of methoxy groups -OCH3 is 1. The molecule has 0 aliphatic rings. The Morgan fingerprint density at radius 1 is 0.871 bits per heavy atom. The molecule has 1 N–H and O–H groups in total. The molecule has 31 heavy (non-hydrogen) atoms. The molecular weight excluding hydrogens is 386 g/mol. The second-order valence-electron chi connectivity index (χ2n) is 8.62. The summed E-state index contributed by atoms with van der Waals surface area (Å²) < 4.78 is 10.9. The maximum Gasteiger partial charge on any atom is 0.306 e. The Morgan fingerprint density at radius 3 is 2.19 bits per heavy atom. The molecule has 0 amide bonds. The van der Waals surface area contributed by atoms with Crippen molar-refractivity contribution < 1.29 is 14.3 Å². The molecule has 0 fully saturated rings. The smallest absolute Gasteiger partial charge is 0.306 e. The minimum atomic E-state index is -0.000934. The van der Waals surface area contributed by atoms with Gasteiger partial charge in [0.1, 0.15) is 11.9 Å². The van der Waals surface area contributed by atoms with E-state index >= 15 is 0 Å². The summed E-state index contributed by atoms with van der Waals surface area (Å²) in [5.74, 6) is 0.898. The molecule has 0 spiro atoms. The number of hydrogen-bond donors (Lipinski definition) is 1. The van der Waals surface area contributed by atoms with Crippen LogP contribution in [0.3, 0.4) is 0 Å². The number of ether oxygens (including phenoxy) is 2. The zero-order chi connectivity index (χ0) is 22.6. The lowest BCUT2D eigenvalue weighted by Gasteiger charge is -2.16. The average Bonchev–Trinajstić information content (AvgIpc) is 2.79. The van der Waals surface area contributed by atoms with Gasteiger partial charge in [0.15, 0.2) is 0 Å². The van der Waals surface area contributed by atoms with Crippen LogP contribution in [0.5, 0.6) is 5.75 Å². The first-order valence-corrected chi connectivity index (χ1v) is 12.7. The van der Waals surface area contributed by atoms with E-state index in [0.717, 1.165) is 44.5 Å². The molecule has 0 saturated carbocycles. The summed E-state index contributed by atoms with van der Waals surface area (Å²) in [6, 6.07) is 8.20. The van der Waals surface area contributed by atoms with Crippen molar-refractivity contribution in [2.75, 3.05) is 13.7 Å². The van der Waals surface area contributed by atoms with E-state index in [1.165, 1.54) is 63.4 Å². The van der Waals surface area contributed by atoms with Crippen molar-refractivity contribution in [2.45, 2.75) is 116 Å². The molecule has 1 aromatic rings. The molecule has 0 aromatic heterocycles. The lowest BCUT2D eigenvalue weighted by molar-refractivity contribution is -0.149. The van der Waals surface area contributed by atoms with Gasteiger partial charge in [-0.15, -0.1) is 0 Å². The standard InChI is InChI=1S/C27H47NO3/c1-4-6-7-8-10-13-16-25(5-2)31-27(29)17-14-11-9-12-15-22-28-23-24-18-20-26(30-3)21-19-24/h18-21,25,28H,4-17,22-23H2,1-3H3. The molecular formula is C27H47NO3. The summed E-state index contributed by atoms with van der Waals surface area (Å²) in [5, 5.41) is 3.49. The lowest BCUT2D eigenvalue weighted by Crippen LogP contribution is -2.17. The predicted molar refractivity (Wildman–Crippen MR) is 131 cm³/mol. The summed E-state index contributed by atoms with van der Waals surface area (Å²) in [4.78, 5) is 12.1. The normalized spacial score (nSPS) is 12.0. The van der Waals surface area contributed by atoms with Gasteiger partial charge in [-0.3, -0.25) is 4.79 Å². The van der Waals surface area contributed by atoms with Gasteiger partial charge >= 0.3 is 5.97 Å². The molecule has 4 heteroatoms. The average molecular weight is 434 g/mol. The second kappa shape index (κ2) is 19.2. The van der Waals surface area contributed by atoms with Crippen LogP contribution in [-0.2, 0) is 16.1 Å². The second-order valence-corrected chi connectivity index (χ2v) is 8.62. The van der Waals surface area contributed by atoms with E-state index in [9.17, 15) is 4.79 Å². The van der Waals surface area contributed by atoms with Gasteiger partial charge in [0.25, 0.3) is 0 Å². The fourth-order valence-electron chi connectivity index (χ4n) is 3.77. The highest BCUT2D eigenvalue weighted by molar-refractivity contribution is 5.69. The van der Waals surface area contributed by atoms with E-state index in [1.54, 1.807) is 7.11 Å². The Labute approximate surface area is 191 Å². The Hall–Kier alpha value is -1.55. The zero-order valence-electron chi connectivity index (χ0n) is 20.4. The molecule has 0 aliphatic heterocycles. The first-order valence-electron chi connectivity index (χ1n) is 12.7. The summed E-state index contributed by atoms with van der Waals surface area (Å²) in [7, 11) is 1.69. The number of hydrogen-bond acceptors (Lipinski definition) is 4. The highest BCUT2D eigenvalue weighted by Crippen LogP contribution is 2.15. The van der Waals surface area contributed by atoms with Gasteiger partial charge in [0.05, 0.1) is 7.11 Å². The molecule has 1 unspecified atom stereocenters. The highest BCUT2D eigenvalue weighted by atomic mass is 16.5. The van der Waals surface area contributed by atoms with Crippen LogP contribution in [0.1, 0.15) is 109 Å². The molecule has 4 nitrogen and oxygen atoms in total. The Kier molecular flexibility index (Phi) is 17.0. The van der Waals surface area contributed by atoms with Crippen molar-refractivity contribution >= 4 is 5.97 Å². The Morgan fingerprint density at radius 2 is 1.52 bits per heavy atom. The first kappa shape index (κ1) is 27.5. The largest absolute Gasteiger partial charge is 0.497 e. The minimum Gasteiger partial charge on any atom is -0.497 e. The van der Waals surface area contributed by atoms with Crippen LogP contribution in [0.15, 0.2) is 24.3 Å². The number of carbonyl (C=O) groups excluding carboxylic acids is 1. The van der Waals surface area contributed by atoms with Crippen molar-refractivity contribution in [3.63, 3.8) is 0 Å². The number of rotatable bonds is 20. The van der Waals surface area contributed by atoms with E-state index in [0.29, 0.717) is 6.42 Å². The summed E-state index contributed by atoms with van der Waals surface area (Å²) >= 11 is 0. The van der Waals surface area contributed by atoms with Crippen LogP contribution in [0.2, 0.25) is 0 Å². The van der Waals surface area contributed by atoms with Crippen LogP contribution in [-0.4, -0.2) is 25.7 Å². The van der Waals surface area contributed by atoms with Crippen molar-refractivity contribution in [2.24, 2.45) is 0 Å². The van der Waals surface area contributed by atoms with Gasteiger partial charge < -0.3 is 14.8 Å². The van der Waals surface area contributed by atoms with Gasteiger partial charge in [0, 0.05) is 13.0 Å². The van der Waals surface area contributed by atoms with Crippen molar-refractivity contribution in [3.05, 3.63) is 29.8 Å². The topological polar surface area (TPSA) is 47.6 Å². The third-order valence-corrected chi connectivity index (χ3v) is 5.86. The van der Waals surface area contributed by atoms with Crippen molar-refractivity contribution in [3.8, 4) is 5.75 Å². The third kappa shape index (κ3) is 15.0. The fraction of sp³-hybridized carbons (Fsp3) is 0.741. The number of carbonyl (C=O) groups is 1. The third-order valence-electron chi connectivity index (χ3n) is 5.86. The van der Waals surface area contributed by atoms with Gasteiger partial charge in [-0.05, 0) is 56.3 Å². The Balaban J connectivity index is 1.94. The number of benzene rings is 1. The molecule has 1 rings (SSSR count). The van der Waals surface area contributed by atoms with E-state index in [4.69, 9.17) is 9.47 Å². The molecule has 0 aliphatic carbocycles. The maximum absolute atomic E-state index is 12.1. The number of unbranched alkanes of at least 4 members (excludes halogenated alkanes) is 9. The Bertz CT molecular complexity index is 544. The van der Waals surface area contributed by atoms with Gasteiger partial charge in [0.2, 0.25) is 0 Å². The van der Waals surface area contributed by atoms with E-state index in [-0.39, 0.29) is 12.1 Å². The van der Waals surface area contributed by atoms with Crippen molar-refractivity contribution in [1.82, 2.24) is 5.32 Å². The van der Waals surface area contributed by atoms with E-state index < -0.39 is 0 Å². The van der Waals surface area contributed by atoms with Gasteiger partial charge in [-0.25, -0.2) is 0 Å². The van der Waals surface area contributed by atoms with Crippen LogP contribution >= 0.6 is 0 Å². The minimum absolute atomic E-state index is 0.000934.